The molecule has 1 aromatic heterocycles. The minimum Gasteiger partial charge on any atom is -0.505 e. The summed E-state index contributed by atoms with van der Waals surface area (Å²) in [5.74, 6) is -1.19. The fourth-order valence-electron chi connectivity index (χ4n) is 2.99. The Labute approximate surface area is 160 Å². The number of rotatable bonds is 4. The lowest BCUT2D eigenvalue weighted by atomic mass is 10.1. The fraction of sp³-hybridized carbons (Fsp3) is 0.238. The third-order valence-corrected chi connectivity index (χ3v) is 4.52. The van der Waals surface area contributed by atoms with E-state index in [1.807, 2.05) is 0 Å². The Balaban J connectivity index is 1.52. The van der Waals surface area contributed by atoms with Gasteiger partial charge >= 0.3 is 0 Å². The van der Waals surface area contributed by atoms with Gasteiger partial charge in [0.05, 0.1) is 6.61 Å². The summed E-state index contributed by atoms with van der Waals surface area (Å²) in [5.41, 5.74) is 1.61. The van der Waals surface area contributed by atoms with Crippen LogP contribution in [0.1, 0.15) is 19.3 Å². The number of ether oxygens (including phenoxy) is 2. The van der Waals surface area contributed by atoms with Gasteiger partial charge in [0.2, 0.25) is 0 Å². The molecule has 28 heavy (non-hydrogen) atoms. The fourth-order valence-corrected chi connectivity index (χ4v) is 2.99. The normalized spacial score (nSPS) is 16.7. The van der Waals surface area contributed by atoms with Crippen LogP contribution in [0.4, 0.5) is 8.78 Å². The van der Waals surface area contributed by atoms with Crippen molar-refractivity contribution in [3.63, 3.8) is 0 Å². The highest BCUT2D eigenvalue weighted by molar-refractivity contribution is 5.64. The molecule has 1 atom stereocenters. The molecule has 2 heterocycles. The summed E-state index contributed by atoms with van der Waals surface area (Å²) in [6.07, 6.45) is 5.35. The molecular formula is C21H18F2N2O3. The number of aromatic nitrogens is 2. The van der Waals surface area contributed by atoms with Crippen molar-refractivity contribution in [2.24, 2.45) is 0 Å². The molecule has 0 saturated carbocycles. The number of nitrogens with zero attached hydrogens (tertiary/aromatic N) is 2. The Morgan fingerprint density at radius 1 is 0.929 bits per heavy atom. The summed E-state index contributed by atoms with van der Waals surface area (Å²) >= 11 is 0. The second kappa shape index (κ2) is 7.90. The Hall–Kier alpha value is -3.06. The quantitative estimate of drug-likeness (QED) is 0.706. The maximum absolute atomic E-state index is 14.4. The molecule has 0 amide bonds. The molecule has 7 heteroatoms. The van der Waals surface area contributed by atoms with Crippen LogP contribution in [0.15, 0.2) is 48.8 Å². The third kappa shape index (κ3) is 3.94. The van der Waals surface area contributed by atoms with Crippen LogP contribution in [-0.2, 0) is 4.74 Å². The summed E-state index contributed by atoms with van der Waals surface area (Å²) < 4.78 is 39.0. The molecule has 2 aromatic carbocycles. The Bertz CT molecular complexity index is 974. The Morgan fingerprint density at radius 2 is 1.68 bits per heavy atom. The van der Waals surface area contributed by atoms with E-state index >= 15 is 0 Å². The van der Waals surface area contributed by atoms with Crippen LogP contribution < -0.4 is 4.74 Å². The largest absolute Gasteiger partial charge is 0.505 e. The van der Waals surface area contributed by atoms with Crippen LogP contribution in [0.2, 0.25) is 0 Å². The van der Waals surface area contributed by atoms with Crippen molar-refractivity contribution in [1.82, 2.24) is 9.97 Å². The minimum atomic E-state index is -0.721. The number of halogens is 2. The highest BCUT2D eigenvalue weighted by Gasteiger charge is 2.18. The monoisotopic (exact) mass is 384 g/mol. The van der Waals surface area contributed by atoms with Gasteiger partial charge in [0.15, 0.2) is 35.2 Å². The molecule has 144 valence electrons. The predicted octanol–water partition coefficient (Wildman–Crippen LogP) is 4.70. The third-order valence-electron chi connectivity index (χ3n) is 4.52. The molecule has 1 aliphatic heterocycles. The van der Waals surface area contributed by atoms with Crippen molar-refractivity contribution in [3.8, 4) is 34.0 Å². The summed E-state index contributed by atoms with van der Waals surface area (Å²) in [6, 6.07) is 8.56. The minimum absolute atomic E-state index is 0.131. The van der Waals surface area contributed by atoms with Gasteiger partial charge in [-0.2, -0.15) is 0 Å². The van der Waals surface area contributed by atoms with Crippen molar-refractivity contribution in [2.75, 3.05) is 6.61 Å². The zero-order valence-electron chi connectivity index (χ0n) is 14.9. The van der Waals surface area contributed by atoms with Crippen LogP contribution in [0.5, 0.6) is 11.5 Å². The zero-order valence-corrected chi connectivity index (χ0v) is 14.9. The molecule has 0 aliphatic carbocycles. The topological polar surface area (TPSA) is 64.5 Å². The first-order chi connectivity index (χ1) is 13.6. The standard InChI is InChI=1S/C21H18F2N2O3/c22-16-9-13(4-6-18(16)26)15-11-24-21(25-12-15)14-5-7-19(17(23)10-14)28-20-3-1-2-8-27-20/h4-7,9-12,20,26H,1-3,8H2. The van der Waals surface area contributed by atoms with Crippen molar-refractivity contribution in [3.05, 3.63) is 60.4 Å². The lowest BCUT2D eigenvalue weighted by Gasteiger charge is -2.23. The number of aromatic hydroxyl groups is 1. The van der Waals surface area contributed by atoms with Gasteiger partial charge in [0, 0.05) is 29.9 Å². The van der Waals surface area contributed by atoms with E-state index < -0.39 is 23.7 Å². The zero-order chi connectivity index (χ0) is 19.5. The second-order valence-electron chi connectivity index (χ2n) is 6.52. The maximum Gasteiger partial charge on any atom is 0.199 e. The molecule has 0 radical (unpaired) electrons. The first-order valence-electron chi connectivity index (χ1n) is 8.99. The van der Waals surface area contributed by atoms with Crippen LogP contribution in [-0.4, -0.2) is 28.0 Å². The highest BCUT2D eigenvalue weighted by Crippen LogP contribution is 2.28. The van der Waals surface area contributed by atoms with Gasteiger partial charge in [0.1, 0.15) is 0 Å². The molecule has 1 N–H and O–H groups in total. The predicted molar refractivity (Wildman–Crippen MR) is 98.7 cm³/mol. The van der Waals surface area contributed by atoms with Crippen LogP contribution in [0, 0.1) is 11.6 Å². The van der Waals surface area contributed by atoms with Gasteiger partial charge < -0.3 is 14.6 Å². The van der Waals surface area contributed by atoms with E-state index in [4.69, 9.17) is 9.47 Å². The average molecular weight is 384 g/mol. The molecule has 1 saturated heterocycles. The summed E-state index contributed by atoms with van der Waals surface area (Å²) in [6.45, 7) is 0.621. The van der Waals surface area contributed by atoms with Gasteiger partial charge in [-0.15, -0.1) is 0 Å². The number of phenolic OH excluding ortho intramolecular Hbond substituents is 1. The molecule has 3 aromatic rings. The first kappa shape index (κ1) is 18.3. The van der Waals surface area contributed by atoms with Gasteiger partial charge in [-0.05, 0) is 48.7 Å². The SMILES string of the molecule is Oc1ccc(-c2cnc(-c3ccc(OC4CCCCO4)c(F)c3)nc2)cc1F. The summed E-state index contributed by atoms with van der Waals surface area (Å²) in [4.78, 5) is 8.47. The average Bonchev–Trinajstić information content (AvgIpc) is 2.72. The second-order valence-corrected chi connectivity index (χ2v) is 6.52. The smallest absolute Gasteiger partial charge is 0.199 e. The van der Waals surface area contributed by atoms with Crippen LogP contribution in [0.25, 0.3) is 22.5 Å². The molecule has 0 bridgehead atoms. The summed E-state index contributed by atoms with van der Waals surface area (Å²) in [5, 5.41) is 9.28. The van der Waals surface area contributed by atoms with E-state index in [1.54, 1.807) is 12.1 Å². The van der Waals surface area contributed by atoms with Gasteiger partial charge in [0.25, 0.3) is 0 Å². The van der Waals surface area contributed by atoms with E-state index in [0.717, 1.165) is 19.3 Å². The molecule has 5 nitrogen and oxygen atoms in total. The lowest BCUT2D eigenvalue weighted by Crippen LogP contribution is -2.25. The number of benzene rings is 2. The van der Waals surface area contributed by atoms with Gasteiger partial charge in [-0.3, -0.25) is 0 Å². The molecule has 4 rings (SSSR count). The van der Waals surface area contributed by atoms with E-state index in [1.165, 1.54) is 36.7 Å². The van der Waals surface area contributed by atoms with Crippen LogP contribution >= 0.6 is 0 Å². The lowest BCUT2D eigenvalue weighted by molar-refractivity contribution is -0.107. The number of hydrogen-bond donors (Lipinski definition) is 1. The Morgan fingerprint density at radius 3 is 2.36 bits per heavy atom. The highest BCUT2D eigenvalue weighted by atomic mass is 19.1. The Kier molecular flexibility index (Phi) is 5.16. The van der Waals surface area contributed by atoms with Crippen molar-refractivity contribution < 1.29 is 23.4 Å². The van der Waals surface area contributed by atoms with E-state index in [0.29, 0.717) is 29.1 Å². The van der Waals surface area contributed by atoms with Crippen molar-refractivity contribution in [2.45, 2.75) is 25.6 Å². The molecule has 0 spiro atoms. The van der Waals surface area contributed by atoms with E-state index in [2.05, 4.69) is 9.97 Å². The number of hydrogen-bond acceptors (Lipinski definition) is 5. The first-order valence-corrected chi connectivity index (χ1v) is 8.99. The van der Waals surface area contributed by atoms with E-state index in [9.17, 15) is 13.9 Å². The van der Waals surface area contributed by atoms with Gasteiger partial charge in [-0.25, -0.2) is 18.7 Å². The molecule has 1 aliphatic rings. The summed E-state index contributed by atoms with van der Waals surface area (Å²) in [7, 11) is 0. The molecule has 1 unspecified atom stereocenters. The molecular weight excluding hydrogens is 366 g/mol. The van der Waals surface area contributed by atoms with E-state index in [-0.39, 0.29) is 5.75 Å². The van der Waals surface area contributed by atoms with Crippen molar-refractivity contribution >= 4 is 0 Å². The van der Waals surface area contributed by atoms with Crippen molar-refractivity contribution in [1.29, 1.82) is 0 Å². The number of phenols is 1. The van der Waals surface area contributed by atoms with Crippen LogP contribution in [0.3, 0.4) is 0 Å². The maximum atomic E-state index is 14.4. The molecule has 1 fully saturated rings. The van der Waals surface area contributed by atoms with Gasteiger partial charge in [-0.1, -0.05) is 6.07 Å².